The number of nitrogens with one attached hydrogen (secondary N) is 2. The van der Waals surface area contributed by atoms with Crippen LogP contribution in [0.15, 0.2) is 127 Å². The number of hydrogen-bond acceptors (Lipinski definition) is 6. The molecule has 5 rings (SSSR count). The first-order valence-corrected chi connectivity index (χ1v) is 12.8. The molecule has 1 aliphatic rings. The summed E-state index contributed by atoms with van der Waals surface area (Å²) in [5.74, 6) is -2.93. The number of aliphatic carboxylic acids is 2. The van der Waals surface area contributed by atoms with E-state index in [0.29, 0.717) is 22.4 Å². The molecule has 0 spiro atoms. The highest BCUT2D eigenvalue weighted by Gasteiger charge is 2.40. The fourth-order valence-corrected chi connectivity index (χ4v) is 4.08. The van der Waals surface area contributed by atoms with Crippen LogP contribution in [-0.2, 0) is 9.59 Å². The van der Waals surface area contributed by atoms with E-state index in [9.17, 15) is 34.0 Å². The third-order valence-corrected chi connectivity index (χ3v) is 6.09. The minimum atomic E-state index is -1.57. The third kappa shape index (κ3) is 9.08. The smallest absolute Gasteiger partial charge is 0.333 e. The number of allylic oxidation sites excluding steroid dienone is 2. The largest absolute Gasteiger partial charge is 0.479 e. The first-order chi connectivity index (χ1) is 20.5. The van der Waals surface area contributed by atoms with Crippen LogP contribution in [0.5, 0.6) is 0 Å². The molecule has 4 N–H and O–H groups in total. The zero-order valence-corrected chi connectivity index (χ0v) is 22.9. The van der Waals surface area contributed by atoms with Gasteiger partial charge in [-0.2, -0.15) is 0 Å². The average Bonchev–Trinajstić information content (AvgIpc) is 3.59. The molecule has 43 heavy (non-hydrogen) atoms. The summed E-state index contributed by atoms with van der Waals surface area (Å²) in [5, 5.41) is 31.9. The van der Waals surface area contributed by atoms with E-state index in [1.54, 1.807) is 31.2 Å². The van der Waals surface area contributed by atoms with E-state index < -0.39 is 28.2 Å². The van der Waals surface area contributed by atoms with Gasteiger partial charge in [0.15, 0.2) is 11.3 Å². The number of benzene rings is 3. The van der Waals surface area contributed by atoms with E-state index in [-0.39, 0.29) is 23.5 Å². The molecule has 3 aromatic carbocycles. The number of carboxylic acids is 2. The number of ketones is 1. The molecule has 0 saturated carbocycles. The maximum Gasteiger partial charge on any atom is 0.333 e. The Labute approximate surface area is 246 Å². The molecule has 1 unspecified atom stereocenters. The zero-order chi connectivity index (χ0) is 31.4. The number of H-pyrrole nitrogens is 1. The van der Waals surface area contributed by atoms with Gasteiger partial charge in [0.2, 0.25) is 0 Å². The third-order valence-electron chi connectivity index (χ3n) is 6.09. The summed E-state index contributed by atoms with van der Waals surface area (Å²) >= 11 is 0. The predicted octanol–water partition coefficient (Wildman–Crippen LogP) is 6.26. The van der Waals surface area contributed by atoms with Crippen LogP contribution in [0.25, 0.3) is 0 Å². The van der Waals surface area contributed by atoms with E-state index in [4.69, 9.17) is 5.11 Å². The van der Waals surface area contributed by atoms with Crippen LogP contribution in [0, 0.1) is 15.9 Å². The Hall–Kier alpha value is -5.84. The van der Waals surface area contributed by atoms with Gasteiger partial charge in [-0.25, -0.2) is 14.0 Å². The number of rotatable bonds is 7. The average molecular weight is 586 g/mol. The second-order valence-electron chi connectivity index (χ2n) is 9.33. The van der Waals surface area contributed by atoms with Crippen molar-refractivity contribution in [2.24, 2.45) is 0 Å². The highest BCUT2D eigenvalue weighted by atomic mass is 19.1. The van der Waals surface area contributed by atoms with Gasteiger partial charge in [-0.1, -0.05) is 35.9 Å². The molecule has 1 aliphatic carbocycles. The Balaban J connectivity index is 0.000000205. The van der Waals surface area contributed by atoms with Gasteiger partial charge in [0.1, 0.15) is 5.82 Å². The van der Waals surface area contributed by atoms with Gasteiger partial charge in [-0.3, -0.25) is 14.9 Å². The Morgan fingerprint density at radius 3 is 1.95 bits per heavy atom. The Kier molecular flexibility index (Phi) is 10.8. The highest BCUT2D eigenvalue weighted by Crippen LogP contribution is 2.31. The van der Waals surface area contributed by atoms with Crippen molar-refractivity contribution in [3.63, 3.8) is 0 Å². The highest BCUT2D eigenvalue weighted by molar-refractivity contribution is 6.09. The van der Waals surface area contributed by atoms with Crippen molar-refractivity contribution < 1.29 is 33.9 Å². The Bertz CT molecular complexity index is 1600. The van der Waals surface area contributed by atoms with Crippen LogP contribution in [-0.4, -0.2) is 43.4 Å². The van der Waals surface area contributed by atoms with Gasteiger partial charge >= 0.3 is 11.9 Å². The second kappa shape index (κ2) is 14.7. The van der Waals surface area contributed by atoms with E-state index in [1.165, 1.54) is 60.7 Å². The summed E-state index contributed by atoms with van der Waals surface area (Å²) in [7, 11) is 0. The molecule has 0 saturated heterocycles. The normalized spacial score (nSPS) is 15.2. The lowest BCUT2D eigenvalue weighted by atomic mass is 9.83. The molecule has 0 bridgehead atoms. The van der Waals surface area contributed by atoms with Gasteiger partial charge in [0, 0.05) is 53.3 Å². The summed E-state index contributed by atoms with van der Waals surface area (Å²) in [6.45, 7) is 1.63. The van der Waals surface area contributed by atoms with Gasteiger partial charge < -0.3 is 20.5 Å². The lowest BCUT2D eigenvalue weighted by Gasteiger charge is -2.32. The van der Waals surface area contributed by atoms with Crippen LogP contribution in [0.1, 0.15) is 29.3 Å². The van der Waals surface area contributed by atoms with Crippen molar-refractivity contribution in [1.29, 1.82) is 0 Å². The van der Waals surface area contributed by atoms with Crippen molar-refractivity contribution in [3.05, 3.63) is 154 Å². The van der Waals surface area contributed by atoms with Gasteiger partial charge in [0.25, 0.3) is 5.69 Å². The number of anilines is 1. The van der Waals surface area contributed by atoms with E-state index in [2.05, 4.69) is 10.3 Å². The molecule has 4 aromatic rings. The molecule has 220 valence electrons. The van der Waals surface area contributed by atoms with Crippen molar-refractivity contribution in [2.75, 3.05) is 5.32 Å². The summed E-state index contributed by atoms with van der Waals surface area (Å²) in [4.78, 5) is 47.6. The van der Waals surface area contributed by atoms with Crippen molar-refractivity contribution >= 4 is 29.1 Å². The minimum absolute atomic E-state index is 0.00649. The standard InChI is InChI=1S/C15H14FNO4.C13H9NO3.C4H5N/c1-9-6-10(13(18)19)8-15(7-9,14(20)21)17-12-4-2-11(16)3-5-12;15-13(10-4-2-1-3-5-10)11-6-8-12(9-7-11)14(16)17;1-2-4-5-3-1/h2-7,17H,8H2,1H3,(H,18,19)(H,20,21);1-9H;1-5H. The first-order valence-electron chi connectivity index (χ1n) is 12.8. The van der Waals surface area contributed by atoms with E-state index in [1.807, 2.05) is 30.6 Å². The predicted molar refractivity (Wildman–Crippen MR) is 158 cm³/mol. The fourth-order valence-electron chi connectivity index (χ4n) is 4.08. The second-order valence-corrected chi connectivity index (χ2v) is 9.33. The number of carbonyl (C=O) groups excluding carboxylic acids is 1. The van der Waals surface area contributed by atoms with Crippen LogP contribution in [0.3, 0.4) is 0 Å². The maximum atomic E-state index is 12.9. The SMILES string of the molecule is CC1=CC(Nc2ccc(F)cc2)(C(=O)O)CC(C(=O)O)=C1.O=C(c1ccccc1)c1ccc([N+](=O)[O-])cc1.c1cc[nH]c1. The van der Waals surface area contributed by atoms with Gasteiger partial charge in [-0.15, -0.1) is 0 Å². The number of nitro groups is 1. The van der Waals surface area contributed by atoms with Crippen molar-refractivity contribution in [1.82, 2.24) is 4.98 Å². The summed E-state index contributed by atoms with van der Waals surface area (Å²) in [6.07, 6.45) is 6.45. The quantitative estimate of drug-likeness (QED) is 0.112. The minimum Gasteiger partial charge on any atom is -0.479 e. The van der Waals surface area contributed by atoms with Gasteiger partial charge in [0.05, 0.1) is 4.92 Å². The first kappa shape index (κ1) is 31.7. The summed E-state index contributed by atoms with van der Waals surface area (Å²) in [6, 6.07) is 23.5. The Morgan fingerprint density at radius 2 is 1.47 bits per heavy atom. The van der Waals surface area contributed by atoms with Crippen LogP contribution in [0.4, 0.5) is 15.8 Å². The van der Waals surface area contributed by atoms with E-state index in [0.717, 1.165) is 0 Å². The van der Waals surface area contributed by atoms with Gasteiger partial charge in [-0.05, 0) is 67.6 Å². The lowest BCUT2D eigenvalue weighted by Crippen LogP contribution is -2.47. The molecule has 11 heteroatoms. The molecule has 0 fully saturated rings. The molecule has 0 amide bonds. The maximum absolute atomic E-state index is 12.9. The number of carboxylic acid groups (broad SMARTS) is 2. The molecular weight excluding hydrogens is 557 g/mol. The van der Waals surface area contributed by atoms with Crippen LogP contribution >= 0.6 is 0 Å². The summed E-state index contributed by atoms with van der Waals surface area (Å²) < 4.78 is 12.9. The van der Waals surface area contributed by atoms with Crippen molar-refractivity contribution in [3.8, 4) is 0 Å². The number of halogens is 1. The Morgan fingerprint density at radius 1 is 0.884 bits per heavy atom. The lowest BCUT2D eigenvalue weighted by molar-refractivity contribution is -0.384. The molecule has 1 atom stereocenters. The molecule has 0 aliphatic heterocycles. The number of hydrogen-bond donors (Lipinski definition) is 4. The monoisotopic (exact) mass is 585 g/mol. The van der Waals surface area contributed by atoms with E-state index >= 15 is 0 Å². The number of carbonyl (C=O) groups is 3. The number of aromatic amines is 1. The zero-order valence-electron chi connectivity index (χ0n) is 22.9. The molecule has 10 nitrogen and oxygen atoms in total. The molecule has 1 aromatic heterocycles. The topological polar surface area (TPSA) is 163 Å². The van der Waals surface area contributed by atoms with Crippen LogP contribution in [0.2, 0.25) is 0 Å². The molecular formula is C32H28FN3O7. The van der Waals surface area contributed by atoms with Crippen LogP contribution < -0.4 is 5.32 Å². The summed E-state index contributed by atoms with van der Waals surface area (Å²) in [5.41, 5.74) is 0.375. The number of nitrogens with zero attached hydrogens (tertiary/aromatic N) is 1. The molecule has 0 radical (unpaired) electrons. The molecule has 1 heterocycles. The number of nitro benzene ring substituents is 1. The van der Waals surface area contributed by atoms with Crippen molar-refractivity contribution in [2.45, 2.75) is 18.9 Å². The fraction of sp³-hybridized carbons (Fsp3) is 0.0938. The number of aromatic nitrogens is 1. The number of non-ortho nitro benzene ring substituents is 1.